The van der Waals surface area contributed by atoms with E-state index in [4.69, 9.17) is 9.26 Å². The van der Waals surface area contributed by atoms with Gasteiger partial charge in [0.2, 0.25) is 17.6 Å². The van der Waals surface area contributed by atoms with Crippen molar-refractivity contribution in [3.05, 3.63) is 78.7 Å². The van der Waals surface area contributed by atoms with Gasteiger partial charge in [0.05, 0.1) is 18.1 Å². The molecular formula is C25H21N5O3. The number of aromatic nitrogens is 4. The number of benzene rings is 3. The zero-order valence-corrected chi connectivity index (χ0v) is 17.9. The number of imidazole rings is 1. The van der Waals surface area contributed by atoms with Crippen molar-refractivity contribution in [3.8, 4) is 28.5 Å². The van der Waals surface area contributed by atoms with Crippen LogP contribution in [0.1, 0.15) is 12.3 Å². The number of methoxy groups -OCH3 is 1. The molecule has 0 saturated heterocycles. The number of aromatic amines is 1. The lowest BCUT2D eigenvalue weighted by Crippen LogP contribution is -2.12. The molecule has 2 heterocycles. The van der Waals surface area contributed by atoms with Crippen molar-refractivity contribution < 1.29 is 14.1 Å². The van der Waals surface area contributed by atoms with Crippen LogP contribution in [0.4, 0.5) is 5.69 Å². The highest BCUT2D eigenvalue weighted by Crippen LogP contribution is 2.23. The van der Waals surface area contributed by atoms with E-state index in [0.717, 1.165) is 33.7 Å². The van der Waals surface area contributed by atoms with Crippen molar-refractivity contribution in [1.82, 2.24) is 20.1 Å². The van der Waals surface area contributed by atoms with Crippen molar-refractivity contribution in [2.75, 3.05) is 12.4 Å². The van der Waals surface area contributed by atoms with Crippen LogP contribution in [-0.4, -0.2) is 33.1 Å². The third-order valence-corrected chi connectivity index (χ3v) is 5.21. The maximum absolute atomic E-state index is 12.4. The van der Waals surface area contributed by atoms with Crippen molar-refractivity contribution in [3.63, 3.8) is 0 Å². The summed E-state index contributed by atoms with van der Waals surface area (Å²) in [5, 5.41) is 6.89. The maximum Gasteiger partial charge on any atom is 0.227 e. The van der Waals surface area contributed by atoms with Gasteiger partial charge < -0.3 is 19.6 Å². The van der Waals surface area contributed by atoms with Gasteiger partial charge in [-0.1, -0.05) is 17.3 Å². The molecule has 0 aliphatic rings. The third-order valence-electron chi connectivity index (χ3n) is 5.21. The molecule has 0 aliphatic carbocycles. The molecule has 0 aliphatic heterocycles. The molecule has 3 aromatic carbocycles. The summed E-state index contributed by atoms with van der Waals surface area (Å²) in [7, 11) is 1.61. The molecule has 1 amide bonds. The molecule has 2 aromatic heterocycles. The number of hydrogen-bond acceptors (Lipinski definition) is 6. The van der Waals surface area contributed by atoms with Crippen molar-refractivity contribution in [2.45, 2.75) is 12.8 Å². The second-order valence-electron chi connectivity index (χ2n) is 7.47. The topological polar surface area (TPSA) is 106 Å². The monoisotopic (exact) mass is 439 g/mol. The molecule has 0 bridgehead atoms. The molecule has 5 aromatic rings. The number of rotatable bonds is 7. The number of nitrogens with one attached hydrogen (secondary N) is 2. The second kappa shape index (κ2) is 8.96. The van der Waals surface area contributed by atoms with Crippen LogP contribution in [0.2, 0.25) is 0 Å². The maximum atomic E-state index is 12.4. The fourth-order valence-corrected chi connectivity index (χ4v) is 3.46. The Kier molecular flexibility index (Phi) is 5.55. The van der Waals surface area contributed by atoms with Crippen molar-refractivity contribution >= 4 is 22.6 Å². The standard InChI is InChI=1S/C25H21N5O3/c1-32-19-12-8-17(9-13-19)25-29-23(33-30-25)15-14-22(31)26-18-10-6-16(7-11-18)24-27-20-4-2-3-5-21(20)28-24/h2-13H,14-15H2,1H3,(H,26,31)(H,27,28). The van der Waals surface area contributed by atoms with Gasteiger partial charge in [0.1, 0.15) is 11.6 Å². The van der Waals surface area contributed by atoms with Crippen molar-refractivity contribution in [1.29, 1.82) is 0 Å². The van der Waals surface area contributed by atoms with E-state index in [2.05, 4.69) is 25.4 Å². The van der Waals surface area contributed by atoms with Gasteiger partial charge in [-0.2, -0.15) is 4.98 Å². The van der Waals surface area contributed by atoms with Crippen LogP contribution in [-0.2, 0) is 11.2 Å². The Morgan fingerprint density at radius 1 is 0.970 bits per heavy atom. The smallest absolute Gasteiger partial charge is 0.227 e. The molecule has 0 atom stereocenters. The predicted molar refractivity (Wildman–Crippen MR) is 125 cm³/mol. The summed E-state index contributed by atoms with van der Waals surface area (Å²) in [6.07, 6.45) is 0.585. The van der Waals surface area contributed by atoms with Crippen LogP contribution >= 0.6 is 0 Å². The largest absolute Gasteiger partial charge is 0.497 e. The first-order chi connectivity index (χ1) is 16.2. The van der Waals surface area contributed by atoms with E-state index >= 15 is 0 Å². The van der Waals surface area contributed by atoms with Gasteiger partial charge in [-0.25, -0.2) is 4.98 Å². The SMILES string of the molecule is COc1ccc(-c2noc(CCC(=O)Nc3ccc(-c4nc5ccccc5[nH]4)cc3)n2)cc1. The average molecular weight is 439 g/mol. The van der Waals surface area contributed by atoms with E-state index in [0.29, 0.717) is 23.8 Å². The number of hydrogen-bond donors (Lipinski definition) is 2. The van der Waals surface area contributed by atoms with E-state index in [1.54, 1.807) is 7.11 Å². The molecule has 0 spiro atoms. The first kappa shape index (κ1) is 20.4. The van der Waals surface area contributed by atoms with E-state index in [-0.39, 0.29) is 12.3 Å². The summed E-state index contributed by atoms with van der Waals surface area (Å²) in [5.41, 5.74) is 4.38. The van der Waals surface area contributed by atoms with Gasteiger partial charge >= 0.3 is 0 Å². The quantitative estimate of drug-likeness (QED) is 0.375. The lowest BCUT2D eigenvalue weighted by atomic mass is 10.2. The number of H-pyrrole nitrogens is 1. The van der Waals surface area contributed by atoms with Gasteiger partial charge in [-0.05, 0) is 60.7 Å². The van der Waals surface area contributed by atoms with E-state index in [1.807, 2.05) is 72.8 Å². The molecule has 0 radical (unpaired) electrons. The van der Waals surface area contributed by atoms with Crippen LogP contribution in [0.15, 0.2) is 77.3 Å². The Labute approximate surface area is 189 Å². The lowest BCUT2D eigenvalue weighted by molar-refractivity contribution is -0.116. The summed E-state index contributed by atoms with van der Waals surface area (Å²) in [4.78, 5) is 24.6. The number of carbonyl (C=O) groups excluding carboxylic acids is 1. The zero-order valence-electron chi connectivity index (χ0n) is 17.9. The summed E-state index contributed by atoms with van der Waals surface area (Å²) in [6, 6.07) is 22.8. The minimum Gasteiger partial charge on any atom is -0.497 e. The lowest BCUT2D eigenvalue weighted by Gasteiger charge is -2.05. The van der Waals surface area contributed by atoms with Crippen LogP contribution in [0.3, 0.4) is 0 Å². The highest BCUT2D eigenvalue weighted by molar-refractivity contribution is 5.91. The summed E-state index contributed by atoms with van der Waals surface area (Å²) < 4.78 is 10.4. The van der Waals surface area contributed by atoms with Crippen LogP contribution < -0.4 is 10.1 Å². The number of nitrogens with zero attached hydrogens (tertiary/aromatic N) is 3. The predicted octanol–water partition coefficient (Wildman–Crippen LogP) is 4.86. The van der Waals surface area contributed by atoms with Crippen LogP contribution in [0.5, 0.6) is 5.75 Å². The van der Waals surface area contributed by atoms with Crippen LogP contribution in [0, 0.1) is 0 Å². The second-order valence-corrected chi connectivity index (χ2v) is 7.47. The zero-order chi connectivity index (χ0) is 22.6. The number of carbonyl (C=O) groups is 1. The normalized spacial score (nSPS) is 10.9. The van der Waals surface area contributed by atoms with Crippen LogP contribution in [0.25, 0.3) is 33.8 Å². The fraction of sp³-hybridized carbons (Fsp3) is 0.120. The van der Waals surface area contributed by atoms with E-state index in [1.165, 1.54) is 0 Å². The molecule has 164 valence electrons. The molecule has 0 fully saturated rings. The molecule has 2 N–H and O–H groups in total. The Hall–Kier alpha value is -4.46. The number of para-hydroxylation sites is 2. The highest BCUT2D eigenvalue weighted by atomic mass is 16.5. The fourth-order valence-electron chi connectivity index (χ4n) is 3.46. The van der Waals surface area contributed by atoms with Gasteiger partial charge in [0.25, 0.3) is 0 Å². The number of ether oxygens (including phenoxy) is 1. The van der Waals surface area contributed by atoms with E-state index < -0.39 is 0 Å². The number of amides is 1. The average Bonchev–Trinajstić information content (AvgIpc) is 3.51. The molecule has 0 saturated carbocycles. The number of fused-ring (bicyclic) bond motifs is 1. The molecule has 8 heteroatoms. The Balaban J connectivity index is 1.17. The Bertz CT molecular complexity index is 1350. The minimum atomic E-state index is -0.129. The number of anilines is 1. The summed E-state index contributed by atoms with van der Waals surface area (Å²) >= 11 is 0. The first-order valence-corrected chi connectivity index (χ1v) is 10.5. The highest BCUT2D eigenvalue weighted by Gasteiger charge is 2.12. The summed E-state index contributed by atoms with van der Waals surface area (Å²) in [5.74, 6) is 2.31. The Morgan fingerprint density at radius 2 is 1.73 bits per heavy atom. The Morgan fingerprint density at radius 3 is 2.48 bits per heavy atom. The minimum absolute atomic E-state index is 0.129. The molecule has 8 nitrogen and oxygen atoms in total. The summed E-state index contributed by atoms with van der Waals surface area (Å²) in [6.45, 7) is 0. The van der Waals surface area contributed by atoms with Gasteiger partial charge in [0, 0.05) is 29.7 Å². The van der Waals surface area contributed by atoms with Gasteiger partial charge in [-0.15, -0.1) is 0 Å². The first-order valence-electron chi connectivity index (χ1n) is 10.5. The molecule has 0 unspecified atom stereocenters. The molecule has 33 heavy (non-hydrogen) atoms. The molecule has 5 rings (SSSR count). The van der Waals surface area contributed by atoms with Gasteiger partial charge in [0.15, 0.2) is 0 Å². The molecular weight excluding hydrogens is 418 g/mol. The number of aryl methyl sites for hydroxylation is 1. The van der Waals surface area contributed by atoms with Crippen molar-refractivity contribution in [2.24, 2.45) is 0 Å². The van der Waals surface area contributed by atoms with Gasteiger partial charge in [-0.3, -0.25) is 4.79 Å². The van der Waals surface area contributed by atoms with E-state index in [9.17, 15) is 4.79 Å². The third kappa shape index (κ3) is 4.59.